The van der Waals surface area contributed by atoms with Crippen LogP contribution >= 0.6 is 0 Å². The van der Waals surface area contributed by atoms with E-state index in [1.807, 2.05) is 12.1 Å². The van der Waals surface area contributed by atoms with Crippen LogP contribution in [0.15, 0.2) is 24.3 Å². The first-order valence-electron chi connectivity index (χ1n) is 5.19. The number of benzene rings is 1. The lowest BCUT2D eigenvalue weighted by atomic mass is 10.2. The lowest BCUT2D eigenvalue weighted by molar-refractivity contribution is -0.123. The van der Waals surface area contributed by atoms with Gasteiger partial charge >= 0.3 is 0 Å². The number of methoxy groups -OCH3 is 2. The van der Waals surface area contributed by atoms with Gasteiger partial charge < -0.3 is 14.4 Å². The van der Waals surface area contributed by atoms with Gasteiger partial charge in [0.15, 0.2) is 0 Å². The third-order valence-corrected chi connectivity index (χ3v) is 2.23. The molecule has 17 heavy (non-hydrogen) atoms. The Morgan fingerprint density at radius 2 is 1.65 bits per heavy atom. The molecular formula is C13H17NO3. The van der Waals surface area contributed by atoms with E-state index in [-0.39, 0.29) is 5.91 Å². The van der Waals surface area contributed by atoms with Crippen molar-refractivity contribution in [2.75, 3.05) is 28.3 Å². The van der Waals surface area contributed by atoms with Crippen molar-refractivity contribution in [3.63, 3.8) is 0 Å². The molecule has 92 valence electrons. The van der Waals surface area contributed by atoms with Crippen molar-refractivity contribution < 1.29 is 14.3 Å². The quantitative estimate of drug-likeness (QED) is 0.747. The maximum atomic E-state index is 11.4. The molecule has 0 heterocycles. The third-order valence-electron chi connectivity index (χ3n) is 2.23. The fraction of sp³-hybridized carbons (Fsp3) is 0.308. The molecule has 0 spiro atoms. The van der Waals surface area contributed by atoms with Crippen LogP contribution in [0, 0.1) is 0 Å². The molecule has 0 fully saturated rings. The summed E-state index contributed by atoms with van der Waals surface area (Å²) in [7, 11) is 6.60. The number of amides is 1. The van der Waals surface area contributed by atoms with Crippen molar-refractivity contribution in [1.82, 2.24) is 4.90 Å². The van der Waals surface area contributed by atoms with Gasteiger partial charge in [-0.15, -0.1) is 0 Å². The minimum atomic E-state index is -0.0632. The standard InChI is InChI=1S/C13H17NO3/c1-14(2)13(15)6-5-10-7-11(16-3)9-12(8-10)17-4/h5-9H,1-4H3. The monoisotopic (exact) mass is 235 g/mol. The number of hydrogen-bond acceptors (Lipinski definition) is 3. The predicted octanol–water partition coefficient (Wildman–Crippen LogP) is 1.81. The van der Waals surface area contributed by atoms with Crippen LogP contribution in [0.1, 0.15) is 5.56 Å². The summed E-state index contributed by atoms with van der Waals surface area (Å²) in [5.41, 5.74) is 0.858. The summed E-state index contributed by atoms with van der Waals surface area (Å²) < 4.78 is 10.3. The number of nitrogens with zero attached hydrogens (tertiary/aromatic N) is 1. The van der Waals surface area contributed by atoms with Gasteiger partial charge in [-0.1, -0.05) is 0 Å². The van der Waals surface area contributed by atoms with Gasteiger partial charge in [0.25, 0.3) is 0 Å². The first-order chi connectivity index (χ1) is 8.06. The molecule has 0 aliphatic rings. The Bertz CT molecular complexity index is 402. The largest absolute Gasteiger partial charge is 0.497 e. The molecule has 0 N–H and O–H groups in total. The van der Waals surface area contributed by atoms with E-state index >= 15 is 0 Å². The zero-order valence-electron chi connectivity index (χ0n) is 10.6. The minimum absolute atomic E-state index is 0.0632. The molecule has 1 rings (SSSR count). The molecule has 0 saturated carbocycles. The topological polar surface area (TPSA) is 38.8 Å². The fourth-order valence-corrected chi connectivity index (χ4v) is 1.24. The molecule has 0 unspecified atom stereocenters. The van der Waals surface area contributed by atoms with Gasteiger partial charge in [-0.05, 0) is 23.8 Å². The zero-order chi connectivity index (χ0) is 12.8. The summed E-state index contributed by atoms with van der Waals surface area (Å²) in [6.07, 6.45) is 3.24. The molecule has 0 bridgehead atoms. The first kappa shape index (κ1) is 13.1. The summed E-state index contributed by atoms with van der Waals surface area (Å²) in [5, 5.41) is 0. The van der Waals surface area contributed by atoms with Crippen LogP contribution in [0.3, 0.4) is 0 Å². The molecule has 4 nitrogen and oxygen atoms in total. The molecule has 0 radical (unpaired) electrons. The zero-order valence-corrected chi connectivity index (χ0v) is 10.6. The molecule has 0 aliphatic carbocycles. The average Bonchev–Trinajstić information content (AvgIpc) is 2.35. The van der Waals surface area contributed by atoms with Crippen LogP contribution in [-0.2, 0) is 4.79 Å². The maximum absolute atomic E-state index is 11.4. The van der Waals surface area contributed by atoms with Crippen molar-refractivity contribution in [3.8, 4) is 11.5 Å². The molecule has 1 amide bonds. The Balaban J connectivity index is 2.94. The van der Waals surface area contributed by atoms with Crippen LogP contribution in [-0.4, -0.2) is 39.1 Å². The van der Waals surface area contributed by atoms with Gasteiger partial charge in [0.2, 0.25) is 5.91 Å². The molecule has 0 aliphatic heterocycles. The van der Waals surface area contributed by atoms with E-state index in [9.17, 15) is 4.79 Å². The van der Waals surface area contributed by atoms with Crippen LogP contribution in [0.25, 0.3) is 6.08 Å². The number of carbonyl (C=O) groups excluding carboxylic acids is 1. The van der Waals surface area contributed by atoms with E-state index in [1.54, 1.807) is 40.5 Å². The number of carbonyl (C=O) groups is 1. The molecule has 4 heteroatoms. The highest BCUT2D eigenvalue weighted by Crippen LogP contribution is 2.23. The molecule has 0 saturated heterocycles. The summed E-state index contributed by atoms with van der Waals surface area (Å²) in [6, 6.07) is 5.45. The Morgan fingerprint density at radius 1 is 1.12 bits per heavy atom. The highest BCUT2D eigenvalue weighted by molar-refractivity contribution is 5.91. The molecule has 1 aromatic carbocycles. The van der Waals surface area contributed by atoms with Crippen molar-refractivity contribution >= 4 is 12.0 Å². The van der Waals surface area contributed by atoms with Crippen LogP contribution < -0.4 is 9.47 Å². The van der Waals surface area contributed by atoms with E-state index in [4.69, 9.17) is 9.47 Å². The average molecular weight is 235 g/mol. The lowest BCUT2D eigenvalue weighted by Gasteiger charge is -2.07. The smallest absolute Gasteiger partial charge is 0.246 e. The first-order valence-corrected chi connectivity index (χ1v) is 5.19. The molecular weight excluding hydrogens is 218 g/mol. The van der Waals surface area contributed by atoms with Gasteiger partial charge in [0.05, 0.1) is 14.2 Å². The van der Waals surface area contributed by atoms with Crippen LogP contribution in [0.5, 0.6) is 11.5 Å². The second-order valence-electron chi connectivity index (χ2n) is 3.71. The maximum Gasteiger partial charge on any atom is 0.246 e. The number of hydrogen-bond donors (Lipinski definition) is 0. The summed E-state index contributed by atoms with van der Waals surface area (Å²) in [6.45, 7) is 0. The van der Waals surface area contributed by atoms with Gasteiger partial charge in [-0.2, -0.15) is 0 Å². The number of likely N-dealkylation sites (N-methyl/N-ethyl adjacent to an activating group) is 1. The Labute approximate surface area is 101 Å². The lowest BCUT2D eigenvalue weighted by Crippen LogP contribution is -2.18. The second kappa shape index (κ2) is 5.94. The summed E-state index contributed by atoms with van der Waals surface area (Å²) in [4.78, 5) is 12.9. The van der Waals surface area contributed by atoms with E-state index in [0.29, 0.717) is 11.5 Å². The Hall–Kier alpha value is -1.97. The van der Waals surface area contributed by atoms with Gasteiger partial charge in [0.1, 0.15) is 11.5 Å². The van der Waals surface area contributed by atoms with Crippen molar-refractivity contribution in [1.29, 1.82) is 0 Å². The SMILES string of the molecule is COc1cc(C=CC(=O)N(C)C)cc(OC)c1. The highest BCUT2D eigenvalue weighted by atomic mass is 16.5. The van der Waals surface area contributed by atoms with E-state index in [0.717, 1.165) is 5.56 Å². The van der Waals surface area contributed by atoms with E-state index in [1.165, 1.54) is 11.0 Å². The van der Waals surface area contributed by atoms with Gasteiger partial charge in [0, 0.05) is 26.2 Å². The van der Waals surface area contributed by atoms with Crippen molar-refractivity contribution in [3.05, 3.63) is 29.8 Å². The summed E-state index contributed by atoms with van der Waals surface area (Å²) >= 11 is 0. The third kappa shape index (κ3) is 3.83. The number of ether oxygens (including phenoxy) is 2. The second-order valence-corrected chi connectivity index (χ2v) is 3.71. The Morgan fingerprint density at radius 3 is 2.06 bits per heavy atom. The Kier molecular flexibility index (Phi) is 4.57. The van der Waals surface area contributed by atoms with Crippen molar-refractivity contribution in [2.24, 2.45) is 0 Å². The van der Waals surface area contributed by atoms with Gasteiger partial charge in [-0.3, -0.25) is 4.79 Å². The van der Waals surface area contributed by atoms with Crippen LogP contribution in [0.4, 0.5) is 0 Å². The fourth-order valence-electron chi connectivity index (χ4n) is 1.24. The van der Waals surface area contributed by atoms with Crippen molar-refractivity contribution in [2.45, 2.75) is 0 Å². The highest BCUT2D eigenvalue weighted by Gasteiger charge is 2.01. The normalized spacial score (nSPS) is 10.4. The van der Waals surface area contributed by atoms with E-state index in [2.05, 4.69) is 0 Å². The predicted molar refractivity (Wildman–Crippen MR) is 67.3 cm³/mol. The minimum Gasteiger partial charge on any atom is -0.497 e. The van der Waals surface area contributed by atoms with E-state index < -0.39 is 0 Å². The molecule has 1 aromatic rings. The van der Waals surface area contributed by atoms with Crippen LogP contribution in [0.2, 0.25) is 0 Å². The summed E-state index contributed by atoms with van der Waals surface area (Å²) in [5.74, 6) is 1.33. The molecule has 0 aromatic heterocycles. The number of rotatable bonds is 4. The molecule has 0 atom stereocenters. The van der Waals surface area contributed by atoms with Gasteiger partial charge in [-0.25, -0.2) is 0 Å².